The van der Waals surface area contributed by atoms with Crippen LogP contribution in [-0.2, 0) is 11.2 Å². The minimum Gasteiger partial charge on any atom is -0.356 e. The number of nitrogens with zero attached hydrogens (tertiary/aromatic N) is 1. The van der Waals surface area contributed by atoms with Crippen molar-refractivity contribution in [3.8, 4) is 0 Å². The van der Waals surface area contributed by atoms with Crippen LogP contribution in [0.15, 0.2) is 52.9 Å². The summed E-state index contributed by atoms with van der Waals surface area (Å²) in [6.45, 7) is 2.35. The summed E-state index contributed by atoms with van der Waals surface area (Å²) in [6.07, 6.45) is 2.00. The molecule has 0 atom stereocenters. The number of carbonyl (C=O) groups excluding carboxylic acids is 2. The molecule has 2 amide bonds. The summed E-state index contributed by atoms with van der Waals surface area (Å²) in [5.41, 5.74) is 4.29. The van der Waals surface area contributed by atoms with Crippen molar-refractivity contribution in [2.75, 3.05) is 6.54 Å². The lowest BCUT2D eigenvalue weighted by Gasteiger charge is -2.05. The van der Waals surface area contributed by atoms with E-state index < -0.39 is 0 Å². The number of hydrogen-bond acceptors (Lipinski definition) is 4. The molecule has 1 aromatic heterocycles. The van der Waals surface area contributed by atoms with Crippen LogP contribution in [0.1, 0.15) is 35.0 Å². The molecule has 2 aromatic rings. The number of thiophene rings is 1. The van der Waals surface area contributed by atoms with E-state index in [1.54, 1.807) is 19.1 Å². The van der Waals surface area contributed by atoms with Crippen molar-refractivity contribution in [3.05, 3.63) is 58.3 Å². The van der Waals surface area contributed by atoms with Gasteiger partial charge in [0.05, 0.1) is 11.3 Å². The molecule has 0 unspecified atom stereocenters. The Morgan fingerprint density at radius 1 is 1.12 bits per heavy atom. The summed E-state index contributed by atoms with van der Waals surface area (Å²) in [5.74, 6) is -0.345. The topological polar surface area (TPSA) is 70.6 Å². The Morgan fingerprint density at radius 2 is 1.92 bits per heavy atom. The molecule has 0 bridgehead atoms. The first-order chi connectivity index (χ1) is 11.6. The van der Waals surface area contributed by atoms with Gasteiger partial charge in [-0.3, -0.25) is 9.59 Å². The highest BCUT2D eigenvalue weighted by Crippen LogP contribution is 2.07. The normalized spacial score (nSPS) is 11.1. The summed E-state index contributed by atoms with van der Waals surface area (Å²) in [7, 11) is 0. The maximum Gasteiger partial charge on any atom is 0.281 e. The molecule has 126 valence electrons. The average Bonchev–Trinajstić information content (AvgIpc) is 3.12. The fourth-order valence-electron chi connectivity index (χ4n) is 2.11. The van der Waals surface area contributed by atoms with E-state index >= 15 is 0 Å². The summed E-state index contributed by atoms with van der Waals surface area (Å²) in [6, 6.07) is 13.7. The van der Waals surface area contributed by atoms with Gasteiger partial charge in [-0.1, -0.05) is 36.4 Å². The summed E-state index contributed by atoms with van der Waals surface area (Å²) < 4.78 is 0. The molecular formula is C18H21N3O2S. The second-order valence-electron chi connectivity index (χ2n) is 5.38. The molecule has 1 aromatic carbocycles. The number of benzene rings is 1. The van der Waals surface area contributed by atoms with Gasteiger partial charge in [0.15, 0.2) is 0 Å². The molecule has 2 N–H and O–H groups in total. The second kappa shape index (κ2) is 9.62. The van der Waals surface area contributed by atoms with Crippen LogP contribution in [0.25, 0.3) is 0 Å². The lowest BCUT2D eigenvalue weighted by molar-refractivity contribution is -0.119. The van der Waals surface area contributed by atoms with Crippen molar-refractivity contribution in [1.29, 1.82) is 0 Å². The lowest BCUT2D eigenvalue weighted by Crippen LogP contribution is -2.27. The first-order valence-corrected chi connectivity index (χ1v) is 8.71. The first-order valence-electron chi connectivity index (χ1n) is 7.83. The SMILES string of the molecule is CC(CC(=O)NCCCc1ccccc1)=NNC(=O)c1cccs1. The molecule has 0 aliphatic carbocycles. The number of hydrogen-bond donors (Lipinski definition) is 2. The zero-order valence-corrected chi connectivity index (χ0v) is 14.4. The third-order valence-electron chi connectivity index (χ3n) is 3.32. The van der Waals surface area contributed by atoms with Crippen molar-refractivity contribution in [2.24, 2.45) is 5.10 Å². The Hall–Kier alpha value is -2.47. The van der Waals surface area contributed by atoms with E-state index in [0.717, 1.165) is 12.8 Å². The standard InChI is InChI=1S/C18H21N3O2S/c1-14(20-21-18(23)16-10-6-12-24-16)13-17(22)19-11-5-9-15-7-3-2-4-8-15/h2-4,6-8,10,12H,5,9,11,13H2,1H3,(H,19,22)(H,21,23). The highest BCUT2D eigenvalue weighted by molar-refractivity contribution is 7.12. The zero-order chi connectivity index (χ0) is 17.2. The van der Waals surface area contributed by atoms with Crippen LogP contribution >= 0.6 is 11.3 Å². The van der Waals surface area contributed by atoms with Crippen LogP contribution in [0.3, 0.4) is 0 Å². The molecule has 0 saturated heterocycles. The lowest BCUT2D eigenvalue weighted by atomic mass is 10.1. The summed E-state index contributed by atoms with van der Waals surface area (Å²) >= 11 is 1.35. The Morgan fingerprint density at radius 3 is 2.62 bits per heavy atom. The Bertz CT molecular complexity index is 682. The number of aryl methyl sites for hydroxylation is 1. The van der Waals surface area contributed by atoms with Gasteiger partial charge in [0.25, 0.3) is 5.91 Å². The molecule has 0 spiro atoms. The highest BCUT2D eigenvalue weighted by atomic mass is 32.1. The van der Waals surface area contributed by atoms with E-state index in [4.69, 9.17) is 0 Å². The van der Waals surface area contributed by atoms with Crippen LogP contribution in [-0.4, -0.2) is 24.1 Å². The Labute approximate surface area is 145 Å². The van der Waals surface area contributed by atoms with Crippen LogP contribution < -0.4 is 10.7 Å². The van der Waals surface area contributed by atoms with E-state index in [9.17, 15) is 9.59 Å². The first kappa shape index (κ1) is 17.9. The third kappa shape index (κ3) is 6.34. The van der Waals surface area contributed by atoms with Crippen molar-refractivity contribution in [2.45, 2.75) is 26.2 Å². The molecule has 0 fully saturated rings. The molecule has 0 saturated carbocycles. The molecule has 5 nitrogen and oxygen atoms in total. The maximum atomic E-state index is 11.8. The number of amides is 2. The van der Waals surface area contributed by atoms with Crippen LogP contribution in [0.5, 0.6) is 0 Å². The van der Waals surface area contributed by atoms with Gasteiger partial charge >= 0.3 is 0 Å². The fourth-order valence-corrected chi connectivity index (χ4v) is 2.72. The van der Waals surface area contributed by atoms with Gasteiger partial charge < -0.3 is 5.32 Å². The van der Waals surface area contributed by atoms with Crippen LogP contribution in [0.4, 0.5) is 0 Å². The van der Waals surface area contributed by atoms with E-state index in [0.29, 0.717) is 17.1 Å². The minimum absolute atomic E-state index is 0.0883. The monoisotopic (exact) mass is 343 g/mol. The van der Waals surface area contributed by atoms with E-state index in [1.807, 2.05) is 23.6 Å². The average molecular weight is 343 g/mol. The molecule has 2 rings (SSSR count). The van der Waals surface area contributed by atoms with Crippen molar-refractivity contribution < 1.29 is 9.59 Å². The predicted octanol–water partition coefficient (Wildman–Crippen LogP) is 2.99. The van der Waals surface area contributed by atoms with Gasteiger partial charge in [0, 0.05) is 12.3 Å². The van der Waals surface area contributed by atoms with Gasteiger partial charge in [0.1, 0.15) is 0 Å². The summed E-state index contributed by atoms with van der Waals surface area (Å²) in [4.78, 5) is 24.2. The van der Waals surface area contributed by atoms with Gasteiger partial charge in [-0.2, -0.15) is 5.10 Å². The minimum atomic E-state index is -0.257. The molecule has 24 heavy (non-hydrogen) atoms. The van der Waals surface area contributed by atoms with Gasteiger partial charge in [0.2, 0.25) is 5.91 Å². The molecule has 0 aliphatic rings. The van der Waals surface area contributed by atoms with Crippen molar-refractivity contribution >= 4 is 28.9 Å². The van der Waals surface area contributed by atoms with Crippen LogP contribution in [0, 0.1) is 0 Å². The van der Waals surface area contributed by atoms with Gasteiger partial charge in [-0.25, -0.2) is 5.43 Å². The number of hydrazone groups is 1. The van der Waals surface area contributed by atoms with Crippen LogP contribution in [0.2, 0.25) is 0 Å². The molecule has 1 heterocycles. The summed E-state index contributed by atoms with van der Waals surface area (Å²) in [5, 5.41) is 8.66. The Balaban J connectivity index is 1.64. The number of nitrogens with one attached hydrogen (secondary N) is 2. The smallest absolute Gasteiger partial charge is 0.281 e. The second-order valence-corrected chi connectivity index (χ2v) is 6.33. The van der Waals surface area contributed by atoms with E-state index in [2.05, 4.69) is 28.0 Å². The largest absolute Gasteiger partial charge is 0.356 e. The number of carbonyl (C=O) groups is 2. The maximum absolute atomic E-state index is 11.8. The van der Waals surface area contributed by atoms with Gasteiger partial charge in [-0.05, 0) is 36.8 Å². The van der Waals surface area contributed by atoms with Crippen molar-refractivity contribution in [3.63, 3.8) is 0 Å². The highest BCUT2D eigenvalue weighted by Gasteiger charge is 2.07. The predicted molar refractivity (Wildman–Crippen MR) is 97.3 cm³/mol. The van der Waals surface area contributed by atoms with Gasteiger partial charge in [-0.15, -0.1) is 11.3 Å². The van der Waals surface area contributed by atoms with Crippen molar-refractivity contribution in [1.82, 2.24) is 10.7 Å². The number of rotatable bonds is 8. The van der Waals surface area contributed by atoms with E-state index in [1.165, 1.54) is 16.9 Å². The molecular weight excluding hydrogens is 322 g/mol. The quantitative estimate of drug-likeness (QED) is 0.439. The Kier molecular flexibility index (Phi) is 7.17. The van der Waals surface area contributed by atoms with E-state index in [-0.39, 0.29) is 18.2 Å². The molecule has 0 aliphatic heterocycles. The third-order valence-corrected chi connectivity index (χ3v) is 4.19. The zero-order valence-electron chi connectivity index (χ0n) is 13.6. The molecule has 0 radical (unpaired) electrons. The fraction of sp³-hybridized carbons (Fsp3) is 0.278. The molecule has 6 heteroatoms.